The third-order valence-corrected chi connectivity index (χ3v) is 3.12. The zero-order valence-electron chi connectivity index (χ0n) is 10.7. The lowest BCUT2D eigenvalue weighted by Gasteiger charge is -2.08. The predicted molar refractivity (Wildman–Crippen MR) is 78.5 cm³/mol. The molecule has 0 atom stereocenters. The Morgan fingerprint density at radius 2 is 1.52 bits per heavy atom. The zero-order valence-corrected chi connectivity index (χ0v) is 11.4. The first-order valence-corrected chi connectivity index (χ1v) is 6.26. The number of nitro benzene ring substituents is 2. The highest BCUT2D eigenvalue weighted by atomic mass is 35.5. The van der Waals surface area contributed by atoms with Crippen molar-refractivity contribution in [2.45, 2.75) is 6.54 Å². The number of nitro groups is 2. The van der Waals surface area contributed by atoms with Gasteiger partial charge in [-0.25, -0.2) is 0 Å². The Bertz CT molecular complexity index is 688. The number of benzene rings is 2. The second-order valence-corrected chi connectivity index (χ2v) is 4.61. The number of halogens is 1. The molecule has 0 saturated carbocycles. The molecule has 0 heterocycles. The van der Waals surface area contributed by atoms with Gasteiger partial charge in [0, 0.05) is 30.8 Å². The molecule has 0 amide bonds. The van der Waals surface area contributed by atoms with Crippen molar-refractivity contribution in [2.75, 3.05) is 5.32 Å². The van der Waals surface area contributed by atoms with Gasteiger partial charge in [-0.2, -0.15) is 0 Å². The summed E-state index contributed by atoms with van der Waals surface area (Å²) in [5, 5.41) is 24.6. The zero-order chi connectivity index (χ0) is 15.4. The van der Waals surface area contributed by atoms with E-state index in [2.05, 4.69) is 5.32 Å². The largest absolute Gasteiger partial charge is 0.380 e. The van der Waals surface area contributed by atoms with E-state index in [1.807, 2.05) is 0 Å². The smallest absolute Gasteiger partial charge is 0.271 e. The Hall–Kier alpha value is -2.67. The molecule has 2 aromatic rings. The van der Waals surface area contributed by atoms with E-state index >= 15 is 0 Å². The monoisotopic (exact) mass is 307 g/mol. The van der Waals surface area contributed by atoms with Crippen LogP contribution >= 0.6 is 11.6 Å². The first kappa shape index (κ1) is 14.7. The Morgan fingerprint density at radius 1 is 0.952 bits per heavy atom. The predicted octanol–water partition coefficient (Wildman–Crippen LogP) is 3.77. The van der Waals surface area contributed by atoms with Crippen LogP contribution in [-0.4, -0.2) is 9.85 Å². The number of nitrogens with zero attached hydrogens (tertiary/aromatic N) is 2. The first-order chi connectivity index (χ1) is 9.97. The fourth-order valence-corrected chi connectivity index (χ4v) is 1.88. The van der Waals surface area contributed by atoms with E-state index in [0.29, 0.717) is 17.3 Å². The number of hydrogen-bond donors (Lipinski definition) is 1. The summed E-state index contributed by atoms with van der Waals surface area (Å²) in [6.07, 6.45) is 0. The average Bonchev–Trinajstić information content (AvgIpc) is 2.46. The number of hydrogen-bond acceptors (Lipinski definition) is 5. The van der Waals surface area contributed by atoms with Gasteiger partial charge < -0.3 is 5.32 Å². The minimum atomic E-state index is -0.507. The van der Waals surface area contributed by atoms with Crippen molar-refractivity contribution in [1.82, 2.24) is 0 Å². The molecule has 0 aliphatic heterocycles. The minimum Gasteiger partial charge on any atom is -0.380 e. The number of non-ortho nitro benzene ring substituents is 2. The molecule has 0 aliphatic rings. The highest BCUT2D eigenvalue weighted by Gasteiger charge is 2.10. The van der Waals surface area contributed by atoms with E-state index in [0.717, 1.165) is 5.56 Å². The molecule has 1 N–H and O–H groups in total. The molecule has 0 aromatic heterocycles. The lowest BCUT2D eigenvalue weighted by atomic mass is 10.2. The summed E-state index contributed by atoms with van der Waals surface area (Å²) < 4.78 is 0. The molecule has 2 aromatic carbocycles. The third kappa shape index (κ3) is 3.67. The second-order valence-electron chi connectivity index (χ2n) is 4.20. The molecule has 7 nitrogen and oxygen atoms in total. The molecule has 21 heavy (non-hydrogen) atoms. The van der Waals surface area contributed by atoms with Crippen LogP contribution in [0.15, 0.2) is 42.5 Å². The van der Waals surface area contributed by atoms with E-state index in [-0.39, 0.29) is 11.4 Å². The van der Waals surface area contributed by atoms with Crippen LogP contribution < -0.4 is 5.32 Å². The number of anilines is 1. The molecule has 0 fully saturated rings. The van der Waals surface area contributed by atoms with Crippen LogP contribution in [0.2, 0.25) is 5.02 Å². The van der Waals surface area contributed by atoms with Gasteiger partial charge >= 0.3 is 0 Å². The molecule has 0 spiro atoms. The van der Waals surface area contributed by atoms with Crippen molar-refractivity contribution in [1.29, 1.82) is 0 Å². The van der Waals surface area contributed by atoms with Crippen molar-refractivity contribution in [3.05, 3.63) is 73.3 Å². The maximum Gasteiger partial charge on any atom is 0.271 e. The van der Waals surface area contributed by atoms with E-state index in [4.69, 9.17) is 11.6 Å². The van der Waals surface area contributed by atoms with E-state index in [9.17, 15) is 20.2 Å². The lowest BCUT2D eigenvalue weighted by Crippen LogP contribution is -2.01. The fourth-order valence-electron chi connectivity index (χ4n) is 1.70. The van der Waals surface area contributed by atoms with Crippen LogP contribution in [0, 0.1) is 20.2 Å². The van der Waals surface area contributed by atoms with Gasteiger partial charge in [0.15, 0.2) is 0 Å². The molecular formula is C13H10ClN3O4. The van der Waals surface area contributed by atoms with Gasteiger partial charge in [0.05, 0.1) is 20.6 Å². The summed E-state index contributed by atoms with van der Waals surface area (Å²) in [7, 11) is 0. The molecular weight excluding hydrogens is 298 g/mol. The lowest BCUT2D eigenvalue weighted by molar-refractivity contribution is -0.385. The minimum absolute atomic E-state index is 0.00660. The van der Waals surface area contributed by atoms with Crippen LogP contribution in [0.5, 0.6) is 0 Å². The molecule has 0 radical (unpaired) electrons. The molecule has 8 heteroatoms. The van der Waals surface area contributed by atoms with Gasteiger partial charge in [-0.3, -0.25) is 20.2 Å². The van der Waals surface area contributed by atoms with Crippen LogP contribution in [-0.2, 0) is 6.54 Å². The first-order valence-electron chi connectivity index (χ1n) is 5.88. The van der Waals surface area contributed by atoms with Gasteiger partial charge in [0.1, 0.15) is 0 Å². The number of nitrogens with one attached hydrogen (secondary N) is 1. The molecule has 0 unspecified atom stereocenters. The van der Waals surface area contributed by atoms with Crippen molar-refractivity contribution in [2.24, 2.45) is 0 Å². The SMILES string of the molecule is O=[N+]([O-])c1ccc(CNc2cc([N+](=O)[O-])ccc2Cl)cc1. The molecule has 0 bridgehead atoms. The average molecular weight is 308 g/mol. The highest BCUT2D eigenvalue weighted by molar-refractivity contribution is 6.33. The van der Waals surface area contributed by atoms with Gasteiger partial charge in [0.25, 0.3) is 11.4 Å². The maximum absolute atomic E-state index is 10.7. The van der Waals surface area contributed by atoms with Crippen LogP contribution in [0.25, 0.3) is 0 Å². The Labute approximate surface area is 124 Å². The molecule has 2 rings (SSSR count). The van der Waals surface area contributed by atoms with Crippen molar-refractivity contribution >= 4 is 28.7 Å². The summed E-state index contributed by atoms with van der Waals surface area (Å²) in [6, 6.07) is 10.1. The Balaban J connectivity index is 2.10. The van der Waals surface area contributed by atoms with E-state index in [1.165, 1.54) is 30.3 Å². The molecule has 0 saturated heterocycles. The van der Waals surface area contributed by atoms with Gasteiger partial charge in [-0.15, -0.1) is 0 Å². The summed E-state index contributed by atoms with van der Waals surface area (Å²) in [5.74, 6) is 0. The van der Waals surface area contributed by atoms with Gasteiger partial charge in [-0.05, 0) is 11.6 Å². The van der Waals surface area contributed by atoms with E-state index in [1.54, 1.807) is 12.1 Å². The molecule has 0 aliphatic carbocycles. The summed E-state index contributed by atoms with van der Waals surface area (Å²) >= 11 is 5.96. The Morgan fingerprint density at radius 3 is 2.10 bits per heavy atom. The van der Waals surface area contributed by atoms with Gasteiger partial charge in [-0.1, -0.05) is 23.7 Å². The number of rotatable bonds is 5. The maximum atomic E-state index is 10.7. The van der Waals surface area contributed by atoms with Crippen LogP contribution in [0.1, 0.15) is 5.56 Å². The van der Waals surface area contributed by atoms with Crippen molar-refractivity contribution in [3.8, 4) is 0 Å². The molecule has 108 valence electrons. The third-order valence-electron chi connectivity index (χ3n) is 2.79. The highest BCUT2D eigenvalue weighted by Crippen LogP contribution is 2.27. The van der Waals surface area contributed by atoms with Crippen molar-refractivity contribution in [3.63, 3.8) is 0 Å². The van der Waals surface area contributed by atoms with E-state index < -0.39 is 9.85 Å². The topological polar surface area (TPSA) is 98.3 Å². The summed E-state index contributed by atoms with van der Waals surface area (Å²) in [5.41, 5.74) is 1.17. The summed E-state index contributed by atoms with van der Waals surface area (Å²) in [4.78, 5) is 20.3. The standard InChI is InChI=1S/C13H10ClN3O4/c14-12-6-5-11(17(20)21)7-13(12)15-8-9-1-3-10(4-2-9)16(18)19/h1-7,15H,8H2. The fraction of sp³-hybridized carbons (Fsp3) is 0.0769. The van der Waals surface area contributed by atoms with Crippen molar-refractivity contribution < 1.29 is 9.85 Å². The quantitative estimate of drug-likeness (QED) is 0.669. The van der Waals surface area contributed by atoms with Crippen LogP contribution in [0.4, 0.5) is 17.1 Å². The van der Waals surface area contributed by atoms with Gasteiger partial charge in [0.2, 0.25) is 0 Å². The summed E-state index contributed by atoms with van der Waals surface area (Å²) in [6.45, 7) is 0.346. The normalized spacial score (nSPS) is 10.1. The second kappa shape index (κ2) is 6.19. The Kier molecular flexibility index (Phi) is 4.34. The van der Waals surface area contributed by atoms with Crippen LogP contribution in [0.3, 0.4) is 0 Å².